The number of ketones is 3. The van der Waals surface area contributed by atoms with Gasteiger partial charge in [0.15, 0.2) is 17.3 Å². The van der Waals surface area contributed by atoms with Crippen molar-refractivity contribution >= 4 is 29.3 Å². The molecule has 2 aromatic rings. The van der Waals surface area contributed by atoms with E-state index in [9.17, 15) is 24.0 Å². The molecule has 6 heteroatoms. The van der Waals surface area contributed by atoms with Crippen LogP contribution in [0.4, 0.5) is 0 Å². The first-order valence-corrected chi connectivity index (χ1v) is 7.12. The highest BCUT2D eigenvalue weighted by Gasteiger charge is 2.35. The van der Waals surface area contributed by atoms with Crippen molar-refractivity contribution in [2.75, 3.05) is 0 Å². The summed E-state index contributed by atoms with van der Waals surface area (Å²) in [4.78, 5) is 59.6. The summed E-state index contributed by atoms with van der Waals surface area (Å²) in [5.41, 5.74) is 0.660. The highest BCUT2D eigenvalue weighted by Crippen LogP contribution is 2.28. The van der Waals surface area contributed by atoms with E-state index in [1.54, 1.807) is 0 Å². The predicted octanol–water partition coefficient (Wildman–Crippen LogP) is 2.00. The molecule has 0 atom stereocenters. The van der Waals surface area contributed by atoms with Gasteiger partial charge in [-0.1, -0.05) is 18.2 Å². The van der Waals surface area contributed by atoms with Crippen LogP contribution in [0.1, 0.15) is 63.8 Å². The average molecular weight is 320 g/mol. The molecule has 2 aliphatic rings. The smallest absolute Gasteiger partial charge is 0.347 e. The molecule has 0 saturated carbocycles. The largest absolute Gasteiger partial charge is 0.386 e. The SMILES string of the molecule is O=C1CC(=O)c2cc(C(=O)c3cccc4c3C(=O)OC4=O)ccc21. The lowest BCUT2D eigenvalue weighted by atomic mass is 9.94. The van der Waals surface area contributed by atoms with Crippen LogP contribution in [0.3, 0.4) is 0 Å². The van der Waals surface area contributed by atoms with E-state index in [4.69, 9.17) is 0 Å². The monoisotopic (exact) mass is 320 g/mol. The van der Waals surface area contributed by atoms with Crippen LogP contribution in [0.15, 0.2) is 36.4 Å². The van der Waals surface area contributed by atoms with Gasteiger partial charge in [-0.05, 0) is 18.2 Å². The van der Waals surface area contributed by atoms with Crippen molar-refractivity contribution in [1.82, 2.24) is 0 Å². The van der Waals surface area contributed by atoms with Crippen LogP contribution in [0, 0.1) is 0 Å². The van der Waals surface area contributed by atoms with Crippen molar-refractivity contribution in [1.29, 1.82) is 0 Å². The minimum atomic E-state index is -0.869. The third-order valence-electron chi connectivity index (χ3n) is 4.12. The molecule has 0 fully saturated rings. The van der Waals surface area contributed by atoms with Gasteiger partial charge in [-0.25, -0.2) is 9.59 Å². The summed E-state index contributed by atoms with van der Waals surface area (Å²) in [6.45, 7) is 0. The predicted molar refractivity (Wildman–Crippen MR) is 79.3 cm³/mol. The van der Waals surface area contributed by atoms with Gasteiger partial charge < -0.3 is 4.74 Å². The van der Waals surface area contributed by atoms with E-state index in [1.807, 2.05) is 0 Å². The number of hydrogen-bond donors (Lipinski definition) is 0. The lowest BCUT2D eigenvalue weighted by molar-refractivity contribution is 0.0442. The number of fused-ring (bicyclic) bond motifs is 2. The van der Waals surface area contributed by atoms with Gasteiger partial charge in [0.05, 0.1) is 17.5 Å². The summed E-state index contributed by atoms with van der Waals surface area (Å²) >= 11 is 0. The number of benzene rings is 2. The Balaban J connectivity index is 1.84. The molecule has 0 radical (unpaired) electrons. The van der Waals surface area contributed by atoms with Crippen LogP contribution in [0.2, 0.25) is 0 Å². The van der Waals surface area contributed by atoms with Crippen molar-refractivity contribution in [3.05, 3.63) is 69.8 Å². The molecule has 2 aromatic carbocycles. The Labute approximate surface area is 135 Å². The zero-order valence-electron chi connectivity index (χ0n) is 12.1. The van der Waals surface area contributed by atoms with Gasteiger partial charge in [-0.2, -0.15) is 0 Å². The Kier molecular flexibility index (Phi) is 2.83. The summed E-state index contributed by atoms with van der Waals surface area (Å²) in [5.74, 6) is -2.79. The molecule has 1 aliphatic carbocycles. The fraction of sp³-hybridized carbons (Fsp3) is 0.0556. The molecule has 0 bridgehead atoms. The Bertz CT molecular complexity index is 999. The second-order valence-corrected chi connectivity index (χ2v) is 5.52. The molecule has 1 aliphatic heterocycles. The molecule has 0 aromatic heterocycles. The van der Waals surface area contributed by atoms with Crippen molar-refractivity contribution in [2.24, 2.45) is 0 Å². The lowest BCUT2D eigenvalue weighted by Crippen LogP contribution is -2.09. The van der Waals surface area contributed by atoms with Gasteiger partial charge in [-0.3, -0.25) is 14.4 Å². The second-order valence-electron chi connectivity index (χ2n) is 5.52. The average Bonchev–Trinajstić information content (AvgIpc) is 3.03. The van der Waals surface area contributed by atoms with E-state index in [2.05, 4.69) is 4.74 Å². The molecule has 0 saturated heterocycles. The summed E-state index contributed by atoms with van der Waals surface area (Å²) in [6.07, 6.45) is -0.200. The van der Waals surface area contributed by atoms with Crippen LogP contribution in [0.5, 0.6) is 0 Å². The third-order valence-corrected chi connectivity index (χ3v) is 4.12. The second kappa shape index (κ2) is 4.79. The maximum Gasteiger partial charge on any atom is 0.347 e. The molecule has 116 valence electrons. The number of cyclic esters (lactones) is 2. The van der Waals surface area contributed by atoms with Crippen LogP contribution in [0.25, 0.3) is 0 Å². The van der Waals surface area contributed by atoms with Gasteiger partial charge >= 0.3 is 11.9 Å². The van der Waals surface area contributed by atoms with Gasteiger partial charge in [0.25, 0.3) is 0 Å². The van der Waals surface area contributed by atoms with E-state index in [0.717, 1.165) is 0 Å². The maximum absolute atomic E-state index is 12.7. The normalized spacial score (nSPS) is 15.3. The Morgan fingerprint density at radius 3 is 2.38 bits per heavy atom. The van der Waals surface area contributed by atoms with Crippen LogP contribution < -0.4 is 0 Å². The molecule has 6 nitrogen and oxygen atoms in total. The highest BCUT2D eigenvalue weighted by atomic mass is 16.6. The van der Waals surface area contributed by atoms with Crippen molar-refractivity contribution in [3.63, 3.8) is 0 Å². The van der Waals surface area contributed by atoms with E-state index >= 15 is 0 Å². The maximum atomic E-state index is 12.7. The van der Waals surface area contributed by atoms with E-state index < -0.39 is 17.7 Å². The molecule has 0 N–H and O–H groups in total. The van der Waals surface area contributed by atoms with Crippen LogP contribution >= 0.6 is 0 Å². The lowest BCUT2D eigenvalue weighted by Gasteiger charge is -2.06. The summed E-state index contributed by atoms with van der Waals surface area (Å²) in [7, 11) is 0. The molecule has 0 unspecified atom stereocenters. The first-order chi connectivity index (χ1) is 11.5. The molecule has 4 rings (SSSR count). The number of ether oxygens (including phenoxy) is 1. The number of carbonyl (C=O) groups excluding carboxylic acids is 5. The zero-order valence-corrected chi connectivity index (χ0v) is 12.1. The van der Waals surface area contributed by atoms with Gasteiger partial charge in [0.1, 0.15) is 0 Å². The molecule has 0 amide bonds. The fourth-order valence-electron chi connectivity index (χ4n) is 2.97. The van der Waals surface area contributed by atoms with Crippen molar-refractivity contribution < 1.29 is 28.7 Å². The molecular weight excluding hydrogens is 312 g/mol. The molecule has 1 heterocycles. The minimum absolute atomic E-state index is 0.0278. The van der Waals surface area contributed by atoms with Crippen LogP contribution in [-0.4, -0.2) is 29.3 Å². The summed E-state index contributed by atoms with van der Waals surface area (Å²) in [5, 5.41) is 0. The fourth-order valence-corrected chi connectivity index (χ4v) is 2.97. The minimum Gasteiger partial charge on any atom is -0.386 e. The number of esters is 2. The number of Topliss-reactive ketones (excluding diaryl/α,β-unsaturated/α-hetero) is 2. The Morgan fingerprint density at radius 1 is 0.833 bits per heavy atom. The number of rotatable bonds is 2. The quantitative estimate of drug-likeness (QED) is 0.477. The van der Waals surface area contributed by atoms with Crippen molar-refractivity contribution in [3.8, 4) is 0 Å². The molecular formula is C18H8O6. The van der Waals surface area contributed by atoms with Gasteiger partial charge in [0, 0.05) is 22.3 Å². The molecule has 24 heavy (non-hydrogen) atoms. The van der Waals surface area contributed by atoms with Crippen molar-refractivity contribution in [2.45, 2.75) is 6.42 Å². The summed E-state index contributed by atoms with van der Waals surface area (Å²) in [6, 6.07) is 8.52. The van der Waals surface area contributed by atoms with E-state index in [1.165, 1.54) is 36.4 Å². The van der Waals surface area contributed by atoms with Gasteiger partial charge in [0.2, 0.25) is 0 Å². The topological polar surface area (TPSA) is 94.6 Å². The zero-order chi connectivity index (χ0) is 17.0. The summed E-state index contributed by atoms with van der Waals surface area (Å²) < 4.78 is 4.53. The first kappa shape index (κ1) is 14.2. The van der Waals surface area contributed by atoms with E-state index in [-0.39, 0.29) is 45.8 Å². The molecule has 0 spiro atoms. The standard InChI is InChI=1S/C18H8O6/c19-13-7-14(20)12-6-8(4-5-9(12)13)16(21)10-2-1-3-11-15(10)18(23)24-17(11)22/h1-6H,7H2. The number of hydrogen-bond acceptors (Lipinski definition) is 6. The number of carbonyl (C=O) groups is 5. The first-order valence-electron chi connectivity index (χ1n) is 7.12. The van der Waals surface area contributed by atoms with Gasteiger partial charge in [-0.15, -0.1) is 0 Å². The Hall–Kier alpha value is -3.41. The van der Waals surface area contributed by atoms with E-state index in [0.29, 0.717) is 5.56 Å². The van der Waals surface area contributed by atoms with Crippen LogP contribution in [-0.2, 0) is 4.74 Å². The highest BCUT2D eigenvalue weighted by molar-refractivity contribution is 6.26. The third kappa shape index (κ3) is 1.86. The Morgan fingerprint density at radius 2 is 1.58 bits per heavy atom.